The van der Waals surface area contributed by atoms with Crippen molar-refractivity contribution in [1.29, 1.82) is 0 Å². The number of urea groups is 1. The fourth-order valence-corrected chi connectivity index (χ4v) is 2.36. The van der Waals surface area contributed by atoms with E-state index in [0.29, 0.717) is 0 Å². The predicted molar refractivity (Wildman–Crippen MR) is 89.1 cm³/mol. The van der Waals surface area contributed by atoms with Gasteiger partial charge in [0.2, 0.25) is 0 Å². The Morgan fingerprint density at radius 2 is 1.95 bits per heavy atom. The molecule has 0 radical (unpaired) electrons. The summed E-state index contributed by atoms with van der Waals surface area (Å²) in [7, 11) is 6.41. The minimum Gasteiger partial charge on any atom is -0.451 e. The highest BCUT2D eigenvalue weighted by atomic mass is 35.5. The molecule has 1 aliphatic rings. The van der Waals surface area contributed by atoms with Crippen molar-refractivity contribution in [2.45, 2.75) is 36.1 Å². The normalized spacial score (nSPS) is 24.0. The van der Waals surface area contributed by atoms with Crippen molar-refractivity contribution in [2.75, 3.05) is 28.3 Å². The van der Waals surface area contributed by atoms with Crippen molar-refractivity contribution in [2.24, 2.45) is 4.99 Å². The van der Waals surface area contributed by atoms with E-state index in [-0.39, 0.29) is 22.8 Å². The molecule has 0 aromatic carbocycles. The SMILES string of the molecule is CNC(=O)NC1CCCC(Cl)C1Cl.COC(=O)N=CN(C)C. The van der Waals surface area contributed by atoms with Crippen LogP contribution in [0.4, 0.5) is 9.59 Å². The maximum atomic E-state index is 11.0. The first-order chi connectivity index (χ1) is 10.3. The zero-order valence-corrected chi connectivity index (χ0v) is 14.8. The second-order valence-electron chi connectivity index (χ2n) is 4.90. The molecular formula is C13H24Cl2N4O3. The van der Waals surface area contributed by atoms with Crippen LogP contribution in [0.2, 0.25) is 0 Å². The number of halogens is 2. The molecule has 1 fully saturated rings. The molecule has 0 aromatic rings. The molecular weight excluding hydrogens is 331 g/mol. The van der Waals surface area contributed by atoms with Crippen molar-refractivity contribution >= 4 is 41.7 Å². The average Bonchev–Trinajstić information content (AvgIpc) is 2.49. The smallest absolute Gasteiger partial charge is 0.434 e. The number of nitrogens with one attached hydrogen (secondary N) is 2. The number of carbonyl (C=O) groups is 2. The lowest BCUT2D eigenvalue weighted by atomic mass is 9.94. The Morgan fingerprint density at radius 3 is 2.45 bits per heavy atom. The van der Waals surface area contributed by atoms with Crippen LogP contribution in [0.15, 0.2) is 4.99 Å². The first-order valence-corrected chi connectivity index (χ1v) is 7.74. The van der Waals surface area contributed by atoms with Crippen LogP contribution in [0, 0.1) is 0 Å². The molecule has 0 heterocycles. The summed E-state index contributed by atoms with van der Waals surface area (Å²) in [6, 6.07) is -0.195. The van der Waals surface area contributed by atoms with Gasteiger partial charge in [0, 0.05) is 27.2 Å². The third kappa shape index (κ3) is 8.94. The van der Waals surface area contributed by atoms with Gasteiger partial charge < -0.3 is 20.3 Å². The number of nitrogens with zero attached hydrogens (tertiary/aromatic N) is 2. The molecule has 0 bridgehead atoms. The highest BCUT2D eigenvalue weighted by Gasteiger charge is 2.31. The van der Waals surface area contributed by atoms with Gasteiger partial charge in [0.05, 0.1) is 24.2 Å². The summed E-state index contributed by atoms with van der Waals surface area (Å²) in [5, 5.41) is 5.09. The molecule has 3 amide bonds. The van der Waals surface area contributed by atoms with Gasteiger partial charge in [-0.1, -0.05) is 0 Å². The molecule has 9 heteroatoms. The number of ether oxygens (including phenoxy) is 1. The third-order valence-electron chi connectivity index (χ3n) is 2.84. The van der Waals surface area contributed by atoms with Crippen LogP contribution in [-0.4, -0.2) is 68.4 Å². The minimum absolute atomic E-state index is 0.00198. The molecule has 3 unspecified atom stereocenters. The lowest BCUT2D eigenvalue weighted by Crippen LogP contribution is -2.49. The summed E-state index contributed by atoms with van der Waals surface area (Å²) in [4.78, 5) is 26.3. The molecule has 128 valence electrons. The Labute approximate surface area is 141 Å². The number of amides is 3. The fourth-order valence-electron chi connectivity index (χ4n) is 1.71. The molecule has 1 rings (SSSR count). The lowest BCUT2D eigenvalue weighted by molar-refractivity contribution is 0.182. The second kappa shape index (κ2) is 11.4. The molecule has 0 spiro atoms. The predicted octanol–water partition coefficient (Wildman–Crippen LogP) is 2.03. The molecule has 7 nitrogen and oxygen atoms in total. The molecule has 1 saturated carbocycles. The van der Waals surface area contributed by atoms with Crippen molar-refractivity contribution < 1.29 is 14.3 Å². The number of hydrogen-bond donors (Lipinski definition) is 2. The van der Waals surface area contributed by atoms with Crippen LogP contribution in [0.5, 0.6) is 0 Å². The van der Waals surface area contributed by atoms with Crippen molar-refractivity contribution in [1.82, 2.24) is 15.5 Å². The number of aliphatic imine (C=N–C) groups is 1. The highest BCUT2D eigenvalue weighted by Crippen LogP contribution is 2.27. The summed E-state index contributed by atoms with van der Waals surface area (Å²) in [6.07, 6.45) is 3.66. The van der Waals surface area contributed by atoms with Gasteiger partial charge in [0.25, 0.3) is 0 Å². The number of alkyl halides is 2. The van der Waals surface area contributed by atoms with Crippen molar-refractivity contribution in [3.8, 4) is 0 Å². The Hall–Kier alpha value is -1.21. The standard InChI is InChI=1S/C8H14Cl2N2O.C5H10N2O2/c1-11-8(13)12-6-4-2-3-5(9)7(6)10;1-7(2)4-6-5(8)9-3/h5-7H,2-4H2,1H3,(H2,11,12,13);4H,1-3H3. The van der Waals surface area contributed by atoms with Gasteiger partial charge in [-0.2, -0.15) is 4.99 Å². The van der Waals surface area contributed by atoms with Gasteiger partial charge in [-0.25, -0.2) is 9.59 Å². The molecule has 0 aliphatic heterocycles. The van der Waals surface area contributed by atoms with E-state index in [0.717, 1.165) is 19.3 Å². The molecule has 0 saturated heterocycles. The van der Waals surface area contributed by atoms with E-state index < -0.39 is 6.09 Å². The van der Waals surface area contributed by atoms with E-state index in [1.165, 1.54) is 13.4 Å². The van der Waals surface area contributed by atoms with E-state index in [1.807, 2.05) is 0 Å². The summed E-state index contributed by atoms with van der Waals surface area (Å²) in [6.45, 7) is 0. The van der Waals surface area contributed by atoms with E-state index in [1.54, 1.807) is 26.0 Å². The van der Waals surface area contributed by atoms with Gasteiger partial charge in [-0.15, -0.1) is 23.2 Å². The van der Waals surface area contributed by atoms with Crippen molar-refractivity contribution in [3.05, 3.63) is 0 Å². The molecule has 0 aromatic heterocycles. The van der Waals surface area contributed by atoms with E-state index >= 15 is 0 Å². The third-order valence-corrected chi connectivity index (χ3v) is 4.06. The topological polar surface area (TPSA) is 83.0 Å². The summed E-state index contributed by atoms with van der Waals surface area (Å²) in [5.74, 6) is 0. The second-order valence-corrected chi connectivity index (χ2v) is 5.96. The molecule has 1 aliphatic carbocycles. The van der Waals surface area contributed by atoms with Crippen LogP contribution in [0.3, 0.4) is 0 Å². The zero-order valence-electron chi connectivity index (χ0n) is 13.3. The Morgan fingerprint density at radius 1 is 1.32 bits per heavy atom. The van der Waals surface area contributed by atoms with Gasteiger partial charge >= 0.3 is 12.1 Å². The van der Waals surface area contributed by atoms with Crippen molar-refractivity contribution in [3.63, 3.8) is 0 Å². The van der Waals surface area contributed by atoms with Crippen LogP contribution >= 0.6 is 23.2 Å². The first kappa shape index (κ1) is 20.8. The Balaban J connectivity index is 0.000000433. The highest BCUT2D eigenvalue weighted by molar-refractivity contribution is 6.30. The van der Waals surface area contributed by atoms with Gasteiger partial charge in [0.1, 0.15) is 0 Å². The first-order valence-electron chi connectivity index (χ1n) is 6.86. The number of carbonyl (C=O) groups excluding carboxylic acids is 2. The minimum atomic E-state index is -0.580. The van der Waals surface area contributed by atoms with Gasteiger partial charge in [0.15, 0.2) is 0 Å². The van der Waals surface area contributed by atoms with E-state index in [2.05, 4.69) is 20.4 Å². The van der Waals surface area contributed by atoms with Crippen LogP contribution in [0.1, 0.15) is 19.3 Å². The quantitative estimate of drug-likeness (QED) is 0.451. The Bertz CT molecular complexity index is 380. The largest absolute Gasteiger partial charge is 0.451 e. The van der Waals surface area contributed by atoms with E-state index in [9.17, 15) is 9.59 Å². The molecule has 2 N–H and O–H groups in total. The van der Waals surface area contributed by atoms with E-state index in [4.69, 9.17) is 23.2 Å². The maximum Gasteiger partial charge on any atom is 0.434 e. The Kier molecular flexibility index (Phi) is 10.7. The number of rotatable bonds is 2. The van der Waals surface area contributed by atoms with Gasteiger partial charge in [-0.05, 0) is 19.3 Å². The van der Waals surface area contributed by atoms with Crippen LogP contribution in [-0.2, 0) is 4.74 Å². The number of hydrogen-bond acceptors (Lipinski definition) is 3. The van der Waals surface area contributed by atoms with Gasteiger partial charge in [-0.3, -0.25) is 0 Å². The lowest BCUT2D eigenvalue weighted by Gasteiger charge is -2.31. The van der Waals surface area contributed by atoms with Crippen LogP contribution in [0.25, 0.3) is 0 Å². The van der Waals surface area contributed by atoms with Crippen LogP contribution < -0.4 is 10.6 Å². The summed E-state index contributed by atoms with van der Waals surface area (Å²) < 4.78 is 4.24. The molecule has 3 atom stereocenters. The summed E-state index contributed by atoms with van der Waals surface area (Å²) in [5.41, 5.74) is 0. The maximum absolute atomic E-state index is 11.0. The fraction of sp³-hybridized carbons (Fsp3) is 0.769. The molecule has 22 heavy (non-hydrogen) atoms. The number of methoxy groups -OCH3 is 1. The monoisotopic (exact) mass is 354 g/mol. The summed E-state index contributed by atoms with van der Waals surface area (Å²) >= 11 is 12.0. The zero-order chi connectivity index (χ0) is 17.1. The average molecular weight is 355 g/mol.